The number of rotatable bonds is 8. The van der Waals surface area contributed by atoms with Gasteiger partial charge in [0.1, 0.15) is 11.6 Å². The van der Waals surface area contributed by atoms with Gasteiger partial charge in [0, 0.05) is 50.5 Å². The van der Waals surface area contributed by atoms with E-state index in [2.05, 4.69) is 20.7 Å². The maximum Gasteiger partial charge on any atom is 0.323 e. The zero-order chi connectivity index (χ0) is 27.6. The van der Waals surface area contributed by atoms with E-state index in [-0.39, 0.29) is 13.2 Å². The third-order valence-corrected chi connectivity index (χ3v) is 7.33. The van der Waals surface area contributed by atoms with E-state index < -0.39 is 22.0 Å². The predicted octanol–water partition coefficient (Wildman–Crippen LogP) is 5.17. The molecule has 3 aromatic heterocycles. The van der Waals surface area contributed by atoms with Crippen molar-refractivity contribution in [3.8, 4) is 22.3 Å². The number of nitrogens with zero attached hydrogens (tertiary/aromatic N) is 3. The molecule has 5 rings (SSSR count). The number of nitrogen functional groups attached to an aromatic ring is 1. The van der Waals surface area contributed by atoms with Crippen LogP contribution in [0, 0.1) is 5.82 Å². The number of anilines is 3. The standard InChI is InChI=1S/C26H23FN6O4S2/c1-39(35,36)37-10-9-33-14-17(12-30-33)21-13-29-25(28)23-22(15-38-24(21)23)16-5-7-19(8-6-16)31-26(34)32-20-4-2-3-18(27)11-20/h2-8,11-15H,9-10H2,1H3,(H2,28,29)(H2,31,32,34). The van der Waals surface area contributed by atoms with E-state index in [9.17, 15) is 17.6 Å². The number of benzene rings is 2. The summed E-state index contributed by atoms with van der Waals surface area (Å²) in [6.45, 7) is 0.255. The van der Waals surface area contributed by atoms with Gasteiger partial charge in [-0.3, -0.25) is 8.86 Å². The van der Waals surface area contributed by atoms with Crippen LogP contribution in [0.25, 0.3) is 32.3 Å². The van der Waals surface area contributed by atoms with Gasteiger partial charge in [0.2, 0.25) is 0 Å². The Balaban J connectivity index is 1.34. The quantitative estimate of drug-likeness (QED) is 0.220. The van der Waals surface area contributed by atoms with E-state index >= 15 is 0 Å². The fourth-order valence-corrected chi connectivity index (χ4v) is 5.48. The number of carbonyl (C=O) groups is 1. The van der Waals surface area contributed by atoms with Gasteiger partial charge >= 0.3 is 6.03 Å². The number of nitrogens with one attached hydrogen (secondary N) is 2. The Morgan fingerprint density at radius 1 is 1.08 bits per heavy atom. The zero-order valence-electron chi connectivity index (χ0n) is 20.6. The van der Waals surface area contributed by atoms with Crippen molar-refractivity contribution in [2.75, 3.05) is 29.2 Å². The highest BCUT2D eigenvalue weighted by Crippen LogP contribution is 2.41. The van der Waals surface area contributed by atoms with Crippen molar-refractivity contribution >= 4 is 54.8 Å². The number of pyridine rings is 1. The summed E-state index contributed by atoms with van der Waals surface area (Å²) in [5, 5.41) is 12.4. The molecule has 0 aliphatic heterocycles. The van der Waals surface area contributed by atoms with Crippen LogP contribution in [0.3, 0.4) is 0 Å². The molecule has 200 valence electrons. The lowest BCUT2D eigenvalue weighted by atomic mass is 10.0. The van der Waals surface area contributed by atoms with Crippen LogP contribution in [0.1, 0.15) is 0 Å². The van der Waals surface area contributed by atoms with Gasteiger partial charge in [-0.1, -0.05) is 18.2 Å². The minimum Gasteiger partial charge on any atom is -0.383 e. The number of hydrogen-bond acceptors (Lipinski definition) is 8. The van der Waals surface area contributed by atoms with Crippen LogP contribution in [0.4, 0.5) is 26.4 Å². The fraction of sp³-hybridized carbons (Fsp3) is 0.115. The van der Waals surface area contributed by atoms with Crippen LogP contribution >= 0.6 is 11.3 Å². The molecule has 13 heteroatoms. The molecule has 10 nitrogen and oxygen atoms in total. The normalized spacial score (nSPS) is 11.5. The predicted molar refractivity (Wildman–Crippen MR) is 151 cm³/mol. The van der Waals surface area contributed by atoms with Crippen molar-refractivity contribution in [2.45, 2.75) is 6.54 Å². The van der Waals surface area contributed by atoms with Crippen LogP contribution < -0.4 is 16.4 Å². The van der Waals surface area contributed by atoms with Crippen molar-refractivity contribution in [3.05, 3.63) is 78.3 Å². The lowest BCUT2D eigenvalue weighted by Crippen LogP contribution is -2.19. The molecule has 4 N–H and O–H groups in total. The molecular weight excluding hydrogens is 543 g/mol. The van der Waals surface area contributed by atoms with Crippen molar-refractivity contribution in [3.63, 3.8) is 0 Å². The Morgan fingerprint density at radius 3 is 2.59 bits per heavy atom. The second-order valence-corrected chi connectivity index (χ2v) is 11.1. The molecule has 2 amide bonds. The smallest absolute Gasteiger partial charge is 0.323 e. The highest BCUT2D eigenvalue weighted by Gasteiger charge is 2.16. The molecule has 0 atom stereocenters. The van der Waals surface area contributed by atoms with E-state index in [0.717, 1.165) is 38.6 Å². The molecule has 0 radical (unpaired) electrons. The first-order chi connectivity index (χ1) is 18.7. The number of aromatic nitrogens is 3. The number of urea groups is 1. The largest absolute Gasteiger partial charge is 0.383 e. The molecule has 0 spiro atoms. The Hall–Kier alpha value is -4.33. The first-order valence-corrected chi connectivity index (χ1v) is 14.3. The number of carbonyl (C=O) groups excluding carboxylic acids is 1. The Bertz CT molecular complexity index is 1770. The van der Waals surface area contributed by atoms with Crippen LogP contribution in [0.2, 0.25) is 0 Å². The fourth-order valence-electron chi connectivity index (χ4n) is 3.99. The minimum atomic E-state index is -3.52. The van der Waals surface area contributed by atoms with Gasteiger partial charge < -0.3 is 16.4 Å². The zero-order valence-corrected chi connectivity index (χ0v) is 22.2. The molecule has 3 heterocycles. The second kappa shape index (κ2) is 10.8. The Morgan fingerprint density at radius 2 is 1.85 bits per heavy atom. The molecule has 0 saturated heterocycles. The molecule has 0 bridgehead atoms. The molecule has 0 aliphatic rings. The topological polar surface area (TPSA) is 141 Å². The Kier molecular flexibility index (Phi) is 7.28. The van der Waals surface area contributed by atoms with E-state index in [1.807, 2.05) is 17.5 Å². The van der Waals surface area contributed by atoms with Crippen LogP contribution in [-0.4, -0.2) is 42.1 Å². The van der Waals surface area contributed by atoms with Crippen LogP contribution in [-0.2, 0) is 20.8 Å². The summed E-state index contributed by atoms with van der Waals surface area (Å²) >= 11 is 1.52. The Labute approximate surface area is 227 Å². The highest BCUT2D eigenvalue weighted by molar-refractivity contribution is 7.85. The van der Waals surface area contributed by atoms with E-state index in [4.69, 9.17) is 9.92 Å². The summed E-state index contributed by atoms with van der Waals surface area (Å²) in [5.74, 6) is -0.0549. The maximum absolute atomic E-state index is 13.4. The average molecular weight is 567 g/mol. The van der Waals surface area contributed by atoms with E-state index in [1.165, 1.54) is 29.5 Å². The van der Waals surface area contributed by atoms with E-state index in [1.54, 1.807) is 41.5 Å². The van der Waals surface area contributed by atoms with Gasteiger partial charge in [-0.05, 0) is 41.3 Å². The van der Waals surface area contributed by atoms with Crippen LogP contribution in [0.15, 0.2) is 72.5 Å². The molecule has 39 heavy (non-hydrogen) atoms. The molecule has 0 fully saturated rings. The number of halogens is 1. The van der Waals surface area contributed by atoms with Crippen molar-refractivity contribution in [1.82, 2.24) is 14.8 Å². The number of thiophene rings is 1. The average Bonchev–Trinajstić information content (AvgIpc) is 3.52. The highest BCUT2D eigenvalue weighted by atomic mass is 32.2. The third kappa shape index (κ3) is 6.22. The number of hydrogen-bond donors (Lipinski definition) is 3. The third-order valence-electron chi connectivity index (χ3n) is 5.72. The molecule has 0 unspecified atom stereocenters. The van der Waals surface area contributed by atoms with Crippen LogP contribution in [0.5, 0.6) is 0 Å². The summed E-state index contributed by atoms with van der Waals surface area (Å²) < 4.78 is 43.1. The number of fused-ring (bicyclic) bond motifs is 1. The molecular formula is C26H23FN6O4S2. The minimum absolute atomic E-state index is 0.0180. The number of amides is 2. The summed E-state index contributed by atoms with van der Waals surface area (Å²) in [4.78, 5) is 16.7. The molecule has 0 aliphatic carbocycles. The van der Waals surface area contributed by atoms with Gasteiger partial charge in [-0.2, -0.15) is 13.5 Å². The summed E-state index contributed by atoms with van der Waals surface area (Å²) in [6.07, 6.45) is 6.17. The first kappa shape index (κ1) is 26.3. The van der Waals surface area contributed by atoms with Gasteiger partial charge in [0.15, 0.2) is 0 Å². The lowest BCUT2D eigenvalue weighted by molar-refractivity contribution is 0.262. The van der Waals surface area contributed by atoms with Crippen molar-refractivity contribution in [2.24, 2.45) is 0 Å². The van der Waals surface area contributed by atoms with Gasteiger partial charge in [-0.15, -0.1) is 11.3 Å². The SMILES string of the molecule is CS(=O)(=O)OCCn1cc(-c2cnc(N)c3c(-c4ccc(NC(=O)Nc5cccc(F)c5)cc4)csc23)cn1. The summed E-state index contributed by atoms with van der Waals surface area (Å²) in [7, 11) is -3.52. The number of nitrogens with two attached hydrogens (primary N) is 1. The molecule has 0 saturated carbocycles. The first-order valence-electron chi connectivity index (χ1n) is 11.6. The van der Waals surface area contributed by atoms with Gasteiger partial charge in [0.25, 0.3) is 10.1 Å². The molecule has 2 aromatic carbocycles. The maximum atomic E-state index is 13.4. The summed E-state index contributed by atoms with van der Waals surface area (Å²) in [6, 6.07) is 12.4. The van der Waals surface area contributed by atoms with Gasteiger partial charge in [0.05, 0.1) is 25.6 Å². The monoisotopic (exact) mass is 566 g/mol. The van der Waals surface area contributed by atoms with Crippen molar-refractivity contribution < 1.29 is 21.8 Å². The second-order valence-electron chi connectivity index (χ2n) is 8.60. The summed E-state index contributed by atoms with van der Waals surface area (Å²) in [5.41, 5.74) is 10.6. The lowest BCUT2D eigenvalue weighted by Gasteiger charge is -2.09. The van der Waals surface area contributed by atoms with E-state index in [0.29, 0.717) is 17.2 Å². The van der Waals surface area contributed by atoms with Crippen molar-refractivity contribution in [1.29, 1.82) is 0 Å². The van der Waals surface area contributed by atoms with Gasteiger partial charge in [-0.25, -0.2) is 14.2 Å². The molecule has 5 aromatic rings.